The lowest BCUT2D eigenvalue weighted by molar-refractivity contribution is 0.663. The molecule has 0 aliphatic carbocycles. The van der Waals surface area contributed by atoms with E-state index < -0.39 is 0 Å². The molecule has 7 heterocycles. The Morgan fingerprint density at radius 1 is 0.414 bits per heavy atom. The minimum Gasteiger partial charge on any atom is -0.456 e. The van der Waals surface area contributed by atoms with E-state index in [0.717, 1.165) is 127 Å². The number of furan rings is 3. The number of hydrogen-bond donors (Lipinski definition) is 0. The van der Waals surface area contributed by atoms with E-state index in [0.29, 0.717) is 0 Å². The Labute approximate surface area is 328 Å². The van der Waals surface area contributed by atoms with Gasteiger partial charge in [-0.2, -0.15) is 10.2 Å². The van der Waals surface area contributed by atoms with E-state index in [-0.39, 0.29) is 6.71 Å². The third-order valence-electron chi connectivity index (χ3n) is 12.8. The molecular formula is C50H25BN4O3. The molecule has 2 aliphatic heterocycles. The first-order valence-electron chi connectivity index (χ1n) is 19.6. The van der Waals surface area contributed by atoms with E-state index in [2.05, 4.69) is 119 Å². The second-order valence-electron chi connectivity index (χ2n) is 15.6. The van der Waals surface area contributed by atoms with E-state index in [1.54, 1.807) is 0 Å². The van der Waals surface area contributed by atoms with Crippen molar-refractivity contribution in [2.75, 3.05) is 0 Å². The first-order valence-corrected chi connectivity index (χ1v) is 19.6. The molecule has 8 aromatic carbocycles. The van der Waals surface area contributed by atoms with Gasteiger partial charge in [0.05, 0.1) is 16.7 Å². The zero-order chi connectivity index (χ0) is 37.4. The van der Waals surface area contributed by atoms with Gasteiger partial charge in [-0.1, -0.05) is 115 Å². The molecule has 7 nitrogen and oxygen atoms in total. The van der Waals surface area contributed by atoms with Crippen LogP contribution in [-0.4, -0.2) is 26.3 Å². The van der Waals surface area contributed by atoms with Crippen molar-refractivity contribution in [2.24, 2.45) is 0 Å². The third kappa shape index (κ3) is 3.41. The number of para-hydroxylation sites is 5. The predicted molar refractivity (Wildman–Crippen MR) is 233 cm³/mol. The summed E-state index contributed by atoms with van der Waals surface area (Å²) in [5.41, 5.74) is 16.7. The second-order valence-corrected chi connectivity index (χ2v) is 15.6. The van der Waals surface area contributed by atoms with E-state index in [1.165, 1.54) is 10.9 Å². The van der Waals surface area contributed by atoms with Crippen LogP contribution in [0.25, 0.3) is 122 Å². The number of rotatable bonds is 2. The maximum atomic E-state index is 6.90. The van der Waals surface area contributed by atoms with Gasteiger partial charge in [0.2, 0.25) is 0 Å². The Morgan fingerprint density at radius 3 is 1.52 bits per heavy atom. The SMILES string of the molecule is c1ccc2c(c1)oc1c3c4c(cc12)-n1nc(-c2cccc5oc6ccccc6c25)c2cccc(c21)B4c1cccc2c(-c4cccc5oc6ccccc6c45)nn-3c12. The Bertz CT molecular complexity index is 4010. The topological polar surface area (TPSA) is 75.1 Å². The molecule has 0 fully saturated rings. The fourth-order valence-corrected chi connectivity index (χ4v) is 10.5. The zero-order valence-electron chi connectivity index (χ0n) is 30.5. The first-order chi connectivity index (χ1) is 28.8. The molecule has 0 saturated heterocycles. The van der Waals surface area contributed by atoms with Gasteiger partial charge in [-0.05, 0) is 52.8 Å². The summed E-state index contributed by atoms with van der Waals surface area (Å²) in [6.45, 7) is -0.0970. The normalized spacial score (nSPS) is 13.1. The maximum Gasteiger partial charge on any atom is 0.252 e. The summed E-state index contributed by atoms with van der Waals surface area (Å²) in [5, 5.41) is 19.8. The van der Waals surface area contributed by atoms with Crippen molar-refractivity contribution in [3.63, 3.8) is 0 Å². The monoisotopic (exact) mass is 740 g/mol. The average molecular weight is 741 g/mol. The molecule has 266 valence electrons. The van der Waals surface area contributed by atoms with Crippen molar-refractivity contribution in [2.45, 2.75) is 0 Å². The number of fused-ring (bicyclic) bond motifs is 14. The fourth-order valence-electron chi connectivity index (χ4n) is 10.5. The van der Waals surface area contributed by atoms with Gasteiger partial charge in [0, 0.05) is 54.2 Å². The molecule has 0 amide bonds. The molecule has 15 rings (SSSR count). The number of aromatic nitrogens is 4. The Kier molecular flexibility index (Phi) is 5.14. The van der Waals surface area contributed by atoms with Gasteiger partial charge in [0.25, 0.3) is 6.71 Å². The van der Waals surface area contributed by atoms with Crippen LogP contribution in [0.4, 0.5) is 0 Å². The van der Waals surface area contributed by atoms with Gasteiger partial charge in [0.1, 0.15) is 45.0 Å². The van der Waals surface area contributed by atoms with Crippen LogP contribution in [0.5, 0.6) is 0 Å². The molecule has 0 bridgehead atoms. The molecule has 2 aliphatic rings. The molecule has 0 spiro atoms. The van der Waals surface area contributed by atoms with Crippen LogP contribution in [-0.2, 0) is 0 Å². The van der Waals surface area contributed by atoms with Crippen molar-refractivity contribution >= 4 is 111 Å². The molecule has 0 radical (unpaired) electrons. The minimum absolute atomic E-state index is 0.0970. The first kappa shape index (κ1) is 29.5. The van der Waals surface area contributed by atoms with Crippen molar-refractivity contribution in [1.29, 1.82) is 0 Å². The molecule has 58 heavy (non-hydrogen) atoms. The largest absolute Gasteiger partial charge is 0.456 e. The van der Waals surface area contributed by atoms with E-state index in [4.69, 9.17) is 23.4 Å². The van der Waals surface area contributed by atoms with Gasteiger partial charge in [-0.25, -0.2) is 9.36 Å². The summed E-state index contributed by atoms with van der Waals surface area (Å²) in [6, 6.07) is 53.1. The Balaban J connectivity index is 1.09. The lowest BCUT2D eigenvalue weighted by Crippen LogP contribution is -2.59. The highest BCUT2D eigenvalue weighted by atomic mass is 16.3. The lowest BCUT2D eigenvalue weighted by Gasteiger charge is -2.31. The van der Waals surface area contributed by atoms with Gasteiger partial charge in [0.15, 0.2) is 5.58 Å². The second kappa shape index (κ2) is 10.1. The Hall–Kier alpha value is -7.84. The molecular weight excluding hydrogens is 715 g/mol. The quantitative estimate of drug-likeness (QED) is 0.165. The van der Waals surface area contributed by atoms with Crippen LogP contribution < -0.4 is 16.4 Å². The number of nitrogens with zero attached hydrogens (tertiary/aromatic N) is 4. The third-order valence-corrected chi connectivity index (χ3v) is 12.8. The standard InChI is InChI=1S/C50H25BN4O3/c1-4-20-37-26(11-1)33-25-36-44-49(50(33)58-37)55-48-32(46(53-55)30-15-10-24-41-43(30)28-13-3-6-22-39(28)57-41)17-8-19-35(48)51(44)34-18-7-16-31-45(52-54(36)47(31)34)29-14-9-23-40-42(29)27-12-2-5-21-38(27)56-40/h1-25H. The van der Waals surface area contributed by atoms with Gasteiger partial charge in [-0.15, -0.1) is 0 Å². The van der Waals surface area contributed by atoms with E-state index >= 15 is 0 Å². The van der Waals surface area contributed by atoms with Gasteiger partial charge >= 0.3 is 0 Å². The van der Waals surface area contributed by atoms with Crippen LogP contribution in [0.1, 0.15) is 0 Å². The van der Waals surface area contributed by atoms with Crippen molar-refractivity contribution in [3.8, 4) is 33.9 Å². The highest BCUT2D eigenvalue weighted by Crippen LogP contribution is 2.44. The highest BCUT2D eigenvalue weighted by molar-refractivity contribution is 7.00. The summed E-state index contributed by atoms with van der Waals surface area (Å²) < 4.78 is 24.0. The molecule has 13 aromatic rings. The molecule has 0 unspecified atom stereocenters. The highest BCUT2D eigenvalue weighted by Gasteiger charge is 2.43. The van der Waals surface area contributed by atoms with E-state index in [9.17, 15) is 0 Å². The van der Waals surface area contributed by atoms with Crippen LogP contribution in [0.15, 0.2) is 165 Å². The van der Waals surface area contributed by atoms with Crippen LogP contribution in [0, 0.1) is 0 Å². The Morgan fingerprint density at radius 2 is 0.897 bits per heavy atom. The average Bonchev–Trinajstić information content (AvgIpc) is 4.10. The number of benzene rings is 8. The van der Waals surface area contributed by atoms with Crippen LogP contribution >= 0.6 is 0 Å². The summed E-state index contributed by atoms with van der Waals surface area (Å²) >= 11 is 0. The summed E-state index contributed by atoms with van der Waals surface area (Å²) in [5.74, 6) is 0. The number of hydrogen-bond acceptors (Lipinski definition) is 5. The lowest BCUT2D eigenvalue weighted by atomic mass is 9.34. The van der Waals surface area contributed by atoms with Crippen LogP contribution in [0.2, 0.25) is 0 Å². The predicted octanol–water partition coefficient (Wildman–Crippen LogP) is 10.5. The molecule has 0 saturated carbocycles. The molecule has 8 heteroatoms. The van der Waals surface area contributed by atoms with Crippen molar-refractivity contribution < 1.29 is 13.3 Å². The van der Waals surface area contributed by atoms with Crippen molar-refractivity contribution in [1.82, 2.24) is 19.6 Å². The molecule has 5 aromatic heterocycles. The van der Waals surface area contributed by atoms with Crippen LogP contribution in [0.3, 0.4) is 0 Å². The van der Waals surface area contributed by atoms with E-state index in [1.807, 2.05) is 42.5 Å². The summed E-state index contributed by atoms with van der Waals surface area (Å²) in [4.78, 5) is 0. The maximum absolute atomic E-state index is 6.90. The zero-order valence-corrected chi connectivity index (χ0v) is 30.5. The van der Waals surface area contributed by atoms with Gasteiger partial charge < -0.3 is 13.3 Å². The molecule has 0 atom stereocenters. The fraction of sp³-hybridized carbons (Fsp3) is 0. The molecule has 0 N–H and O–H groups in total. The van der Waals surface area contributed by atoms with Gasteiger partial charge in [-0.3, -0.25) is 0 Å². The smallest absolute Gasteiger partial charge is 0.252 e. The minimum atomic E-state index is -0.0970. The summed E-state index contributed by atoms with van der Waals surface area (Å²) in [6.07, 6.45) is 0. The summed E-state index contributed by atoms with van der Waals surface area (Å²) in [7, 11) is 0. The van der Waals surface area contributed by atoms with Crippen molar-refractivity contribution in [3.05, 3.63) is 152 Å².